The molecule has 1 aliphatic heterocycles. The van der Waals surface area contributed by atoms with Crippen molar-refractivity contribution < 1.29 is 4.74 Å². The number of hydrogen-bond donors (Lipinski definition) is 0. The lowest BCUT2D eigenvalue weighted by Gasteiger charge is -2.18. The van der Waals surface area contributed by atoms with Gasteiger partial charge >= 0.3 is 5.69 Å². The molecular formula is C18H19N5O3. The monoisotopic (exact) mass is 353 g/mol. The highest BCUT2D eigenvalue weighted by Gasteiger charge is 2.29. The molecule has 0 aliphatic carbocycles. The third-order valence-electron chi connectivity index (χ3n) is 4.69. The summed E-state index contributed by atoms with van der Waals surface area (Å²) in [7, 11) is 3.25. The van der Waals surface area contributed by atoms with Gasteiger partial charge < -0.3 is 14.2 Å². The molecule has 0 bridgehead atoms. The van der Waals surface area contributed by atoms with Crippen LogP contribution in [-0.2, 0) is 20.1 Å². The van der Waals surface area contributed by atoms with E-state index in [9.17, 15) is 9.59 Å². The Bertz CT molecular complexity index is 1140. The number of rotatable bonds is 4. The first-order chi connectivity index (χ1) is 12.6. The predicted molar refractivity (Wildman–Crippen MR) is 99.4 cm³/mol. The molecule has 0 saturated carbocycles. The first kappa shape index (κ1) is 16.2. The summed E-state index contributed by atoms with van der Waals surface area (Å²) in [6.45, 7) is 5.06. The Morgan fingerprint density at radius 2 is 2.04 bits per heavy atom. The van der Waals surface area contributed by atoms with Crippen molar-refractivity contribution in [2.75, 3.05) is 18.6 Å². The Morgan fingerprint density at radius 3 is 2.77 bits per heavy atom. The number of ether oxygens (including phenoxy) is 1. The summed E-state index contributed by atoms with van der Waals surface area (Å²) in [6.07, 6.45) is 1.54. The number of aromatic nitrogens is 4. The summed E-state index contributed by atoms with van der Waals surface area (Å²) in [4.78, 5) is 32.0. The van der Waals surface area contributed by atoms with Crippen LogP contribution in [0.3, 0.4) is 0 Å². The molecule has 4 rings (SSSR count). The molecule has 8 nitrogen and oxygen atoms in total. The topological polar surface area (TPSA) is 74.3 Å². The second-order valence-electron chi connectivity index (χ2n) is 6.11. The van der Waals surface area contributed by atoms with Gasteiger partial charge in [-0.25, -0.2) is 4.79 Å². The summed E-state index contributed by atoms with van der Waals surface area (Å²) in [5.41, 5.74) is 0.948. The van der Waals surface area contributed by atoms with Crippen LogP contribution < -0.4 is 20.9 Å². The maximum atomic E-state index is 12.9. The number of imidazole rings is 1. The Hall–Kier alpha value is -3.29. The molecule has 0 amide bonds. The molecule has 0 N–H and O–H groups in total. The molecule has 26 heavy (non-hydrogen) atoms. The van der Waals surface area contributed by atoms with Gasteiger partial charge in [0.1, 0.15) is 5.75 Å². The molecule has 0 spiro atoms. The molecule has 0 fully saturated rings. The third kappa shape index (κ3) is 2.11. The number of allylic oxidation sites excluding steroid dienone is 1. The van der Waals surface area contributed by atoms with Crippen molar-refractivity contribution in [1.29, 1.82) is 0 Å². The molecule has 3 heterocycles. The van der Waals surface area contributed by atoms with Crippen molar-refractivity contribution in [3.05, 3.63) is 57.8 Å². The third-order valence-corrected chi connectivity index (χ3v) is 4.69. The Morgan fingerprint density at radius 1 is 1.27 bits per heavy atom. The average Bonchev–Trinajstić information content (AvgIpc) is 3.22. The SMILES string of the molecule is C=CCn1c(=O)c2c(nc3n2CCN3c2ccccc2OC)n(C)c1=O. The van der Waals surface area contributed by atoms with E-state index in [1.807, 2.05) is 33.7 Å². The predicted octanol–water partition coefficient (Wildman–Crippen LogP) is 1.24. The zero-order chi connectivity index (χ0) is 18.4. The number of para-hydroxylation sites is 2. The minimum Gasteiger partial charge on any atom is -0.495 e. The van der Waals surface area contributed by atoms with Gasteiger partial charge in [-0.3, -0.25) is 13.9 Å². The summed E-state index contributed by atoms with van der Waals surface area (Å²) in [5, 5.41) is 0. The van der Waals surface area contributed by atoms with Gasteiger partial charge in [-0.05, 0) is 12.1 Å². The fourth-order valence-electron chi connectivity index (χ4n) is 3.45. The molecule has 2 aromatic heterocycles. The second-order valence-corrected chi connectivity index (χ2v) is 6.11. The van der Waals surface area contributed by atoms with E-state index in [1.54, 1.807) is 14.2 Å². The lowest BCUT2D eigenvalue weighted by Crippen LogP contribution is -2.39. The largest absolute Gasteiger partial charge is 0.495 e. The van der Waals surface area contributed by atoms with Crippen molar-refractivity contribution in [2.24, 2.45) is 7.05 Å². The van der Waals surface area contributed by atoms with Gasteiger partial charge in [-0.2, -0.15) is 4.98 Å². The molecular weight excluding hydrogens is 334 g/mol. The van der Waals surface area contributed by atoms with E-state index < -0.39 is 5.69 Å². The number of benzene rings is 1. The van der Waals surface area contributed by atoms with Gasteiger partial charge in [-0.1, -0.05) is 18.2 Å². The zero-order valence-corrected chi connectivity index (χ0v) is 14.7. The minimum atomic E-state index is -0.400. The highest BCUT2D eigenvalue weighted by Crippen LogP contribution is 2.36. The fraction of sp³-hybridized carbons (Fsp3) is 0.278. The van der Waals surface area contributed by atoms with E-state index >= 15 is 0 Å². The molecule has 1 aromatic carbocycles. The van der Waals surface area contributed by atoms with Crippen LogP contribution in [0, 0.1) is 0 Å². The summed E-state index contributed by atoms with van der Waals surface area (Å²) < 4.78 is 9.90. The molecule has 0 unspecified atom stereocenters. The Balaban J connectivity index is 1.98. The molecule has 1 aliphatic rings. The summed E-state index contributed by atoms with van der Waals surface area (Å²) >= 11 is 0. The lowest BCUT2D eigenvalue weighted by molar-refractivity contribution is 0.415. The zero-order valence-electron chi connectivity index (χ0n) is 14.7. The van der Waals surface area contributed by atoms with Gasteiger partial charge in [0.05, 0.1) is 12.8 Å². The number of nitrogens with zero attached hydrogens (tertiary/aromatic N) is 5. The van der Waals surface area contributed by atoms with E-state index in [-0.39, 0.29) is 12.1 Å². The standard InChI is InChI=1S/C18H19N5O3/c1-4-9-23-16(24)14-15(20(2)18(23)25)19-17-21(10-11-22(14)17)12-7-5-6-8-13(12)26-3/h4-8H,1,9-11H2,2-3H3. The first-order valence-corrected chi connectivity index (χ1v) is 8.30. The quantitative estimate of drug-likeness (QED) is 0.660. The van der Waals surface area contributed by atoms with Crippen LogP contribution in [0.1, 0.15) is 0 Å². The van der Waals surface area contributed by atoms with Crippen LogP contribution in [0.5, 0.6) is 5.75 Å². The molecule has 0 atom stereocenters. The number of aryl methyl sites for hydroxylation is 1. The van der Waals surface area contributed by atoms with Gasteiger partial charge in [0.2, 0.25) is 5.95 Å². The molecule has 3 aromatic rings. The minimum absolute atomic E-state index is 0.165. The van der Waals surface area contributed by atoms with Crippen LogP contribution in [0.25, 0.3) is 11.2 Å². The van der Waals surface area contributed by atoms with Crippen molar-refractivity contribution >= 4 is 22.8 Å². The molecule has 0 radical (unpaired) electrons. The van der Waals surface area contributed by atoms with Gasteiger partial charge in [0.15, 0.2) is 11.2 Å². The second kappa shape index (κ2) is 5.91. The van der Waals surface area contributed by atoms with Crippen LogP contribution in [-0.4, -0.2) is 32.3 Å². The van der Waals surface area contributed by atoms with Crippen molar-refractivity contribution in [2.45, 2.75) is 13.1 Å². The van der Waals surface area contributed by atoms with Crippen LogP contribution >= 0.6 is 0 Å². The first-order valence-electron chi connectivity index (χ1n) is 8.30. The normalized spacial score (nSPS) is 13.2. The van der Waals surface area contributed by atoms with E-state index in [4.69, 9.17) is 4.74 Å². The average molecular weight is 353 g/mol. The summed E-state index contributed by atoms with van der Waals surface area (Å²) in [6, 6.07) is 7.66. The molecule has 0 saturated heterocycles. The number of fused-ring (bicyclic) bond motifs is 3. The van der Waals surface area contributed by atoms with E-state index in [2.05, 4.69) is 11.6 Å². The fourth-order valence-corrected chi connectivity index (χ4v) is 3.45. The van der Waals surface area contributed by atoms with Crippen molar-refractivity contribution in [1.82, 2.24) is 18.7 Å². The maximum Gasteiger partial charge on any atom is 0.332 e. The smallest absolute Gasteiger partial charge is 0.332 e. The van der Waals surface area contributed by atoms with Crippen LogP contribution in [0.4, 0.5) is 11.6 Å². The van der Waals surface area contributed by atoms with Gasteiger partial charge in [-0.15, -0.1) is 6.58 Å². The number of hydrogen-bond acceptors (Lipinski definition) is 5. The van der Waals surface area contributed by atoms with Gasteiger partial charge in [0, 0.05) is 26.7 Å². The number of anilines is 2. The highest BCUT2D eigenvalue weighted by atomic mass is 16.5. The summed E-state index contributed by atoms with van der Waals surface area (Å²) in [5.74, 6) is 1.36. The van der Waals surface area contributed by atoms with Crippen molar-refractivity contribution in [3.63, 3.8) is 0 Å². The molecule has 134 valence electrons. The van der Waals surface area contributed by atoms with E-state index in [1.165, 1.54) is 15.2 Å². The van der Waals surface area contributed by atoms with E-state index in [0.29, 0.717) is 30.2 Å². The van der Waals surface area contributed by atoms with Gasteiger partial charge in [0.25, 0.3) is 5.56 Å². The lowest BCUT2D eigenvalue weighted by atomic mass is 10.2. The Labute approximate surface area is 149 Å². The van der Waals surface area contributed by atoms with Crippen LogP contribution in [0.15, 0.2) is 46.5 Å². The van der Waals surface area contributed by atoms with E-state index in [0.717, 1.165) is 11.4 Å². The van der Waals surface area contributed by atoms with Crippen LogP contribution in [0.2, 0.25) is 0 Å². The van der Waals surface area contributed by atoms with Crippen molar-refractivity contribution in [3.8, 4) is 5.75 Å². The number of methoxy groups -OCH3 is 1. The maximum absolute atomic E-state index is 12.9. The Kier molecular flexibility index (Phi) is 3.68. The molecule has 8 heteroatoms. The highest BCUT2D eigenvalue weighted by molar-refractivity contribution is 5.79.